The minimum Gasteiger partial charge on any atom is -0.464 e. The summed E-state index contributed by atoms with van der Waals surface area (Å²) >= 11 is 0. The van der Waals surface area contributed by atoms with Crippen LogP contribution in [-0.2, 0) is 36.1 Å². The molecule has 1 aromatic rings. The van der Waals surface area contributed by atoms with Crippen molar-refractivity contribution < 1.29 is 22.7 Å². The fourth-order valence-corrected chi connectivity index (χ4v) is 3.51. The summed E-state index contributed by atoms with van der Waals surface area (Å²) in [7, 11) is -3.47. The first-order chi connectivity index (χ1) is 10.8. The van der Waals surface area contributed by atoms with Crippen LogP contribution in [-0.4, -0.2) is 38.4 Å². The minimum absolute atomic E-state index is 0.122. The van der Waals surface area contributed by atoms with Gasteiger partial charge in [0.25, 0.3) is 0 Å². The highest BCUT2D eigenvalue weighted by Gasteiger charge is 2.48. The lowest BCUT2D eigenvalue weighted by atomic mass is 9.91. The Morgan fingerprint density at radius 2 is 1.96 bits per heavy atom. The van der Waals surface area contributed by atoms with Gasteiger partial charge in [0, 0.05) is 5.75 Å². The summed E-state index contributed by atoms with van der Waals surface area (Å²) in [5.41, 5.74) is 0.340. The number of hydrogen-bond acceptors (Lipinski definition) is 5. The number of sulfone groups is 1. The second-order valence-electron chi connectivity index (χ2n) is 5.51. The van der Waals surface area contributed by atoms with Crippen LogP contribution >= 0.6 is 0 Å². The van der Waals surface area contributed by atoms with Gasteiger partial charge >= 0.3 is 5.97 Å². The maximum absolute atomic E-state index is 12.5. The molecular formula is C16H21NO5S. The van der Waals surface area contributed by atoms with E-state index in [1.165, 1.54) is 6.92 Å². The quantitative estimate of drug-likeness (QED) is 0.779. The van der Waals surface area contributed by atoms with Crippen LogP contribution in [0.1, 0.15) is 31.4 Å². The second kappa shape index (κ2) is 6.70. The zero-order valence-corrected chi connectivity index (χ0v) is 14.1. The summed E-state index contributed by atoms with van der Waals surface area (Å²) in [6, 6.07) is 7.32. The molecule has 1 amide bonds. The third-order valence-electron chi connectivity index (χ3n) is 4.01. The average molecular weight is 339 g/mol. The van der Waals surface area contributed by atoms with Crippen molar-refractivity contribution in [3.05, 3.63) is 35.4 Å². The first-order valence-corrected chi connectivity index (χ1v) is 9.44. The molecule has 0 aliphatic heterocycles. The van der Waals surface area contributed by atoms with Crippen molar-refractivity contribution in [3.8, 4) is 0 Å². The van der Waals surface area contributed by atoms with Crippen molar-refractivity contribution in [2.45, 2.75) is 32.2 Å². The maximum atomic E-state index is 12.5. The number of amides is 1. The fraction of sp³-hybridized carbons (Fsp3) is 0.500. The van der Waals surface area contributed by atoms with E-state index in [2.05, 4.69) is 5.32 Å². The Kier molecular flexibility index (Phi) is 5.09. The van der Waals surface area contributed by atoms with Gasteiger partial charge in [-0.25, -0.2) is 13.2 Å². The topological polar surface area (TPSA) is 89.5 Å². The number of fused-ring (bicyclic) bond motifs is 1. The van der Waals surface area contributed by atoms with E-state index in [0.29, 0.717) is 18.4 Å². The van der Waals surface area contributed by atoms with Gasteiger partial charge in [-0.2, -0.15) is 0 Å². The van der Waals surface area contributed by atoms with Gasteiger partial charge in [0.1, 0.15) is 5.75 Å². The van der Waals surface area contributed by atoms with Crippen LogP contribution < -0.4 is 5.32 Å². The fourth-order valence-electron chi connectivity index (χ4n) is 2.83. The molecule has 126 valence electrons. The van der Waals surface area contributed by atoms with Gasteiger partial charge in [0.2, 0.25) is 5.91 Å². The number of nitrogens with one attached hydrogen (secondary N) is 1. The van der Waals surface area contributed by atoms with Gasteiger partial charge in [-0.05, 0) is 30.9 Å². The van der Waals surface area contributed by atoms with Gasteiger partial charge in [0.15, 0.2) is 15.4 Å². The van der Waals surface area contributed by atoms with E-state index < -0.39 is 33.0 Å². The molecule has 0 saturated carbocycles. The van der Waals surface area contributed by atoms with Crippen LogP contribution in [0.25, 0.3) is 0 Å². The van der Waals surface area contributed by atoms with E-state index >= 15 is 0 Å². The third-order valence-corrected chi connectivity index (χ3v) is 5.60. The summed E-state index contributed by atoms with van der Waals surface area (Å²) in [5, 5.41) is 2.63. The van der Waals surface area contributed by atoms with E-state index in [9.17, 15) is 18.0 Å². The highest BCUT2D eigenvalue weighted by molar-refractivity contribution is 7.92. The molecule has 0 saturated heterocycles. The molecule has 0 fully saturated rings. The van der Waals surface area contributed by atoms with Crippen LogP contribution in [0.2, 0.25) is 0 Å². The zero-order valence-electron chi connectivity index (χ0n) is 13.3. The smallest absolute Gasteiger partial charge is 0.336 e. The van der Waals surface area contributed by atoms with Crippen molar-refractivity contribution in [1.29, 1.82) is 0 Å². The Bertz CT molecular complexity index is 713. The molecular weight excluding hydrogens is 318 g/mol. The number of rotatable bonds is 6. The SMILES string of the molecule is CCOC(=O)C1(NC(=O)CS(=O)(=O)CC)CCc2ccccc21. The predicted octanol–water partition coefficient (Wildman–Crippen LogP) is 0.942. The lowest BCUT2D eigenvalue weighted by Gasteiger charge is -2.29. The normalized spacial score (nSPS) is 19.9. The van der Waals surface area contributed by atoms with Crippen molar-refractivity contribution >= 4 is 21.7 Å². The summed E-state index contributed by atoms with van der Waals surface area (Å²) in [4.78, 5) is 24.7. The highest BCUT2D eigenvalue weighted by Crippen LogP contribution is 2.38. The molecule has 1 aromatic carbocycles. The molecule has 2 rings (SSSR count). The number of ether oxygens (including phenoxy) is 1. The van der Waals surface area contributed by atoms with E-state index in [4.69, 9.17) is 4.74 Å². The second-order valence-corrected chi connectivity index (χ2v) is 7.86. The van der Waals surface area contributed by atoms with Gasteiger partial charge < -0.3 is 10.1 Å². The number of esters is 1. The lowest BCUT2D eigenvalue weighted by molar-refractivity contribution is -0.153. The summed E-state index contributed by atoms with van der Waals surface area (Å²) < 4.78 is 28.4. The van der Waals surface area contributed by atoms with Crippen molar-refractivity contribution in [2.24, 2.45) is 0 Å². The molecule has 1 N–H and O–H groups in total. The Labute approximate surface area is 136 Å². The van der Waals surface area contributed by atoms with Gasteiger partial charge in [-0.3, -0.25) is 4.79 Å². The number of benzene rings is 1. The molecule has 7 heteroatoms. The summed E-state index contributed by atoms with van der Waals surface area (Å²) in [5.74, 6) is -1.99. The maximum Gasteiger partial charge on any atom is 0.336 e. The standard InChI is InChI=1S/C16H21NO5S/c1-3-22-15(19)16(17-14(18)11-23(20,21)4-2)10-9-12-7-5-6-8-13(12)16/h5-8H,3-4,9-11H2,1-2H3,(H,17,18). The number of carbonyl (C=O) groups excluding carboxylic acids is 2. The first kappa shape index (κ1) is 17.5. The molecule has 0 spiro atoms. The van der Waals surface area contributed by atoms with Crippen molar-refractivity contribution in [1.82, 2.24) is 5.32 Å². The molecule has 0 radical (unpaired) electrons. The molecule has 1 unspecified atom stereocenters. The monoisotopic (exact) mass is 339 g/mol. The molecule has 6 nitrogen and oxygen atoms in total. The average Bonchev–Trinajstić information content (AvgIpc) is 2.87. The van der Waals surface area contributed by atoms with Gasteiger partial charge in [0.05, 0.1) is 6.61 Å². The van der Waals surface area contributed by atoms with E-state index in [-0.39, 0.29) is 12.4 Å². The Morgan fingerprint density at radius 3 is 2.61 bits per heavy atom. The lowest BCUT2D eigenvalue weighted by Crippen LogP contribution is -2.52. The Morgan fingerprint density at radius 1 is 1.26 bits per heavy atom. The van der Waals surface area contributed by atoms with E-state index in [0.717, 1.165) is 5.56 Å². The molecule has 0 aromatic heterocycles. The van der Waals surface area contributed by atoms with Crippen LogP contribution in [0, 0.1) is 0 Å². The van der Waals surface area contributed by atoms with Crippen LogP contribution in [0.4, 0.5) is 0 Å². The van der Waals surface area contributed by atoms with Crippen molar-refractivity contribution in [3.63, 3.8) is 0 Å². The van der Waals surface area contributed by atoms with Crippen LogP contribution in [0.3, 0.4) is 0 Å². The molecule has 1 aliphatic carbocycles. The minimum atomic E-state index is -3.47. The largest absolute Gasteiger partial charge is 0.464 e. The molecule has 1 atom stereocenters. The van der Waals surface area contributed by atoms with E-state index in [1.54, 1.807) is 19.1 Å². The van der Waals surface area contributed by atoms with Gasteiger partial charge in [-0.15, -0.1) is 0 Å². The van der Waals surface area contributed by atoms with Crippen LogP contribution in [0.5, 0.6) is 0 Å². The highest BCUT2D eigenvalue weighted by atomic mass is 32.2. The van der Waals surface area contributed by atoms with Crippen molar-refractivity contribution in [2.75, 3.05) is 18.1 Å². The first-order valence-electron chi connectivity index (χ1n) is 7.61. The Balaban J connectivity index is 2.34. The zero-order chi connectivity index (χ0) is 17.1. The summed E-state index contributed by atoms with van der Waals surface area (Å²) in [6.07, 6.45) is 0.985. The third kappa shape index (κ3) is 3.55. The van der Waals surface area contributed by atoms with Gasteiger partial charge in [-0.1, -0.05) is 31.2 Å². The molecule has 0 heterocycles. The number of hydrogen-bond donors (Lipinski definition) is 1. The van der Waals surface area contributed by atoms with Crippen LogP contribution in [0.15, 0.2) is 24.3 Å². The predicted molar refractivity (Wildman–Crippen MR) is 85.5 cm³/mol. The molecule has 0 bridgehead atoms. The number of carbonyl (C=O) groups is 2. The van der Waals surface area contributed by atoms with E-state index in [1.807, 2.05) is 12.1 Å². The molecule has 1 aliphatic rings. The summed E-state index contributed by atoms with van der Waals surface area (Å²) in [6.45, 7) is 3.36. The number of aryl methyl sites for hydroxylation is 1. The molecule has 23 heavy (non-hydrogen) atoms. The Hall–Kier alpha value is -1.89.